The minimum absolute atomic E-state index is 0.00880. The van der Waals surface area contributed by atoms with Crippen molar-refractivity contribution in [2.45, 2.75) is 31.1 Å². The van der Waals surface area contributed by atoms with Crippen molar-refractivity contribution < 1.29 is 14.3 Å². The Morgan fingerprint density at radius 2 is 2.20 bits per heavy atom. The quantitative estimate of drug-likeness (QED) is 0.544. The van der Waals surface area contributed by atoms with Gasteiger partial charge in [-0.05, 0) is 30.9 Å². The average Bonchev–Trinajstić information content (AvgIpc) is 2.45. The lowest BCUT2D eigenvalue weighted by Gasteiger charge is -2.08. The van der Waals surface area contributed by atoms with E-state index in [4.69, 9.17) is 5.11 Å². The third-order valence-corrected chi connectivity index (χ3v) is 3.98. The van der Waals surface area contributed by atoms with E-state index in [0.717, 1.165) is 12.8 Å². The number of rotatable bonds is 9. The Kier molecular flexibility index (Phi) is 8.30. The van der Waals surface area contributed by atoms with Gasteiger partial charge in [0.25, 0.3) is 0 Å². The van der Waals surface area contributed by atoms with Crippen molar-refractivity contribution in [2.75, 3.05) is 18.9 Å². The zero-order valence-electron chi connectivity index (χ0n) is 11.8. The van der Waals surface area contributed by atoms with Crippen LogP contribution in [0.4, 0.5) is 4.39 Å². The fraction of sp³-hybridized carbons (Fsp3) is 0.533. The second-order valence-corrected chi connectivity index (χ2v) is 5.95. The molecule has 1 rings (SSSR count). The van der Waals surface area contributed by atoms with E-state index in [-0.39, 0.29) is 24.2 Å². The fourth-order valence-electron chi connectivity index (χ4n) is 1.67. The number of carbonyl (C=O) groups is 1. The van der Waals surface area contributed by atoms with E-state index in [1.807, 2.05) is 6.92 Å². The van der Waals surface area contributed by atoms with E-state index in [1.165, 1.54) is 17.8 Å². The largest absolute Gasteiger partial charge is 0.396 e. The third-order valence-electron chi connectivity index (χ3n) is 2.93. The Morgan fingerprint density at radius 1 is 1.45 bits per heavy atom. The summed E-state index contributed by atoms with van der Waals surface area (Å²) < 4.78 is 13.3. The van der Waals surface area contributed by atoms with Gasteiger partial charge in [-0.25, -0.2) is 4.39 Å². The molecule has 2 N–H and O–H groups in total. The minimum atomic E-state index is -0.240. The van der Waals surface area contributed by atoms with Crippen LogP contribution in [0.2, 0.25) is 0 Å². The molecule has 0 spiro atoms. The molecule has 0 heterocycles. The van der Waals surface area contributed by atoms with E-state index in [2.05, 4.69) is 5.32 Å². The van der Waals surface area contributed by atoms with Crippen molar-refractivity contribution in [1.29, 1.82) is 0 Å². The summed E-state index contributed by atoms with van der Waals surface area (Å²) in [5.41, 5.74) is 0. The number of halogens is 1. The molecule has 20 heavy (non-hydrogen) atoms. The molecule has 0 aliphatic carbocycles. The molecule has 1 unspecified atom stereocenters. The van der Waals surface area contributed by atoms with Crippen LogP contribution in [-0.4, -0.2) is 29.9 Å². The Morgan fingerprint density at radius 3 is 2.90 bits per heavy atom. The Bertz CT molecular complexity index is 415. The highest BCUT2D eigenvalue weighted by molar-refractivity contribution is 7.99. The zero-order chi connectivity index (χ0) is 14.8. The van der Waals surface area contributed by atoms with Crippen LogP contribution in [-0.2, 0) is 4.79 Å². The number of thioether (sulfide) groups is 1. The van der Waals surface area contributed by atoms with Crippen molar-refractivity contribution in [1.82, 2.24) is 5.32 Å². The molecule has 0 radical (unpaired) electrons. The first-order chi connectivity index (χ1) is 9.63. The maximum Gasteiger partial charge on any atom is 0.220 e. The molecule has 0 aliphatic rings. The van der Waals surface area contributed by atoms with Gasteiger partial charge in [0.15, 0.2) is 0 Å². The average molecular weight is 299 g/mol. The van der Waals surface area contributed by atoms with Crippen LogP contribution in [0.15, 0.2) is 29.2 Å². The molecule has 1 aromatic rings. The highest BCUT2D eigenvalue weighted by Crippen LogP contribution is 2.21. The fourth-order valence-corrected chi connectivity index (χ4v) is 2.56. The van der Waals surface area contributed by atoms with Gasteiger partial charge in [0.05, 0.1) is 0 Å². The molecule has 1 atom stereocenters. The van der Waals surface area contributed by atoms with Crippen molar-refractivity contribution in [2.24, 2.45) is 5.92 Å². The van der Waals surface area contributed by atoms with Crippen molar-refractivity contribution in [3.8, 4) is 0 Å². The Balaban J connectivity index is 2.10. The number of hydrogen-bond acceptors (Lipinski definition) is 3. The molecule has 112 valence electrons. The molecule has 0 fully saturated rings. The predicted molar refractivity (Wildman–Crippen MR) is 80.2 cm³/mol. The first-order valence-electron chi connectivity index (χ1n) is 6.88. The zero-order valence-corrected chi connectivity index (χ0v) is 12.6. The SMILES string of the molecule is CC(CO)CCCNC(=O)CCSc1ccccc1F. The Labute approximate surface area is 124 Å². The van der Waals surface area contributed by atoms with Gasteiger partial charge < -0.3 is 10.4 Å². The van der Waals surface area contributed by atoms with Gasteiger partial charge in [-0.15, -0.1) is 11.8 Å². The van der Waals surface area contributed by atoms with E-state index in [1.54, 1.807) is 18.2 Å². The van der Waals surface area contributed by atoms with Gasteiger partial charge in [-0.1, -0.05) is 19.1 Å². The first kappa shape index (κ1) is 17.0. The second kappa shape index (κ2) is 9.77. The van der Waals surface area contributed by atoms with Crippen molar-refractivity contribution in [3.63, 3.8) is 0 Å². The molecule has 0 bridgehead atoms. The summed E-state index contributed by atoms with van der Waals surface area (Å²) in [4.78, 5) is 12.1. The number of carbonyl (C=O) groups excluding carboxylic acids is 1. The second-order valence-electron chi connectivity index (χ2n) is 4.81. The van der Waals surface area contributed by atoms with Crippen LogP contribution in [0.1, 0.15) is 26.2 Å². The molecule has 3 nitrogen and oxygen atoms in total. The summed E-state index contributed by atoms with van der Waals surface area (Å²) in [6.07, 6.45) is 2.16. The van der Waals surface area contributed by atoms with Gasteiger partial charge in [0.1, 0.15) is 5.82 Å². The smallest absolute Gasteiger partial charge is 0.220 e. The van der Waals surface area contributed by atoms with Crippen LogP contribution in [0.3, 0.4) is 0 Å². The Hall–Kier alpha value is -1.07. The lowest BCUT2D eigenvalue weighted by atomic mass is 10.1. The topological polar surface area (TPSA) is 49.3 Å². The minimum Gasteiger partial charge on any atom is -0.396 e. The van der Waals surface area contributed by atoms with E-state index in [9.17, 15) is 9.18 Å². The summed E-state index contributed by atoms with van der Waals surface area (Å²) in [5, 5.41) is 11.7. The number of hydrogen-bond donors (Lipinski definition) is 2. The third kappa shape index (κ3) is 6.91. The number of benzene rings is 1. The lowest BCUT2D eigenvalue weighted by molar-refractivity contribution is -0.120. The van der Waals surface area contributed by atoms with Crippen molar-refractivity contribution in [3.05, 3.63) is 30.1 Å². The molecular formula is C15H22FNO2S. The molecule has 0 aromatic heterocycles. The first-order valence-corrected chi connectivity index (χ1v) is 7.87. The molecule has 5 heteroatoms. The highest BCUT2D eigenvalue weighted by atomic mass is 32.2. The predicted octanol–water partition coefficient (Wildman–Crippen LogP) is 2.83. The summed E-state index contributed by atoms with van der Waals surface area (Å²) in [5.74, 6) is 0.602. The highest BCUT2D eigenvalue weighted by Gasteiger charge is 2.05. The van der Waals surface area contributed by atoms with E-state index in [0.29, 0.717) is 23.6 Å². The summed E-state index contributed by atoms with van der Waals surface area (Å²) in [6, 6.07) is 6.58. The number of aliphatic hydroxyl groups excluding tert-OH is 1. The molecule has 0 saturated heterocycles. The number of nitrogens with one attached hydrogen (secondary N) is 1. The lowest BCUT2D eigenvalue weighted by Crippen LogP contribution is -2.25. The standard InChI is InChI=1S/C15H22FNO2S/c1-12(11-18)5-4-9-17-15(19)8-10-20-14-7-3-2-6-13(14)16/h2-3,6-7,12,18H,4-5,8-11H2,1H3,(H,17,19). The van der Waals surface area contributed by atoms with Crippen LogP contribution in [0, 0.1) is 11.7 Å². The summed E-state index contributed by atoms with van der Waals surface area (Å²) in [6.45, 7) is 2.80. The van der Waals surface area contributed by atoms with Crippen LogP contribution >= 0.6 is 11.8 Å². The summed E-state index contributed by atoms with van der Waals surface area (Å²) >= 11 is 1.35. The molecule has 0 saturated carbocycles. The van der Waals surface area contributed by atoms with Gasteiger partial charge >= 0.3 is 0 Å². The summed E-state index contributed by atoms with van der Waals surface area (Å²) in [7, 11) is 0. The van der Waals surface area contributed by atoms with Gasteiger partial charge in [0.2, 0.25) is 5.91 Å². The van der Waals surface area contributed by atoms with E-state index < -0.39 is 0 Å². The van der Waals surface area contributed by atoms with Gasteiger partial charge in [0, 0.05) is 30.2 Å². The van der Waals surface area contributed by atoms with Crippen LogP contribution in [0.25, 0.3) is 0 Å². The molecule has 1 aromatic carbocycles. The van der Waals surface area contributed by atoms with Crippen LogP contribution in [0.5, 0.6) is 0 Å². The van der Waals surface area contributed by atoms with Crippen LogP contribution < -0.4 is 5.32 Å². The van der Waals surface area contributed by atoms with Crippen molar-refractivity contribution >= 4 is 17.7 Å². The number of amides is 1. The monoisotopic (exact) mass is 299 g/mol. The maximum atomic E-state index is 13.3. The number of aliphatic hydroxyl groups is 1. The molecule has 0 aliphatic heterocycles. The van der Waals surface area contributed by atoms with E-state index >= 15 is 0 Å². The van der Waals surface area contributed by atoms with Gasteiger partial charge in [-0.3, -0.25) is 4.79 Å². The normalized spacial score (nSPS) is 12.2. The molecular weight excluding hydrogens is 277 g/mol. The molecule has 1 amide bonds. The van der Waals surface area contributed by atoms with Gasteiger partial charge in [-0.2, -0.15) is 0 Å². The maximum absolute atomic E-state index is 13.3.